The van der Waals surface area contributed by atoms with Crippen LogP contribution in [-0.4, -0.2) is 29.0 Å². The molecule has 2 aromatic heterocycles. The van der Waals surface area contributed by atoms with E-state index in [1.54, 1.807) is 12.3 Å². The first kappa shape index (κ1) is 20.5. The van der Waals surface area contributed by atoms with Crippen LogP contribution in [-0.2, 0) is 4.79 Å². The number of piperidine rings is 1. The van der Waals surface area contributed by atoms with Crippen molar-refractivity contribution in [2.45, 2.75) is 19.8 Å². The summed E-state index contributed by atoms with van der Waals surface area (Å²) in [5.41, 5.74) is 2.49. The summed E-state index contributed by atoms with van der Waals surface area (Å²) in [6.45, 7) is 3.55. The molecular weight excluding hydrogens is 462 g/mol. The minimum Gasteiger partial charge on any atom is -0.357 e. The molecule has 4 rings (SSSR count). The van der Waals surface area contributed by atoms with Crippen molar-refractivity contribution in [3.8, 4) is 17.3 Å². The molecule has 0 unspecified atom stereocenters. The summed E-state index contributed by atoms with van der Waals surface area (Å²) in [4.78, 5) is 25.0. The third-order valence-corrected chi connectivity index (χ3v) is 6.63. The predicted molar refractivity (Wildman–Crippen MR) is 123 cm³/mol. The van der Waals surface area contributed by atoms with Crippen LogP contribution in [0.2, 0.25) is 0 Å². The van der Waals surface area contributed by atoms with Crippen LogP contribution in [0, 0.1) is 24.2 Å². The summed E-state index contributed by atoms with van der Waals surface area (Å²) in [6.07, 6.45) is 3.11. The van der Waals surface area contributed by atoms with Crippen molar-refractivity contribution >= 4 is 44.1 Å². The van der Waals surface area contributed by atoms with Crippen LogP contribution >= 0.6 is 27.3 Å². The number of hydrogen-bond donors (Lipinski definition) is 1. The lowest BCUT2D eigenvalue weighted by molar-refractivity contribution is -0.120. The summed E-state index contributed by atoms with van der Waals surface area (Å²) < 4.78 is 1.02. The third-order valence-electron chi connectivity index (χ3n) is 5.21. The third kappa shape index (κ3) is 4.53. The second-order valence-corrected chi connectivity index (χ2v) is 9.32. The first-order chi connectivity index (χ1) is 14.5. The number of hydrogen-bond acceptors (Lipinski definition) is 6. The lowest BCUT2D eigenvalue weighted by Gasteiger charge is -2.31. The van der Waals surface area contributed by atoms with E-state index in [9.17, 15) is 4.79 Å². The molecule has 1 amide bonds. The Kier molecular flexibility index (Phi) is 6.11. The van der Waals surface area contributed by atoms with E-state index in [0.717, 1.165) is 52.4 Å². The molecule has 30 heavy (non-hydrogen) atoms. The number of carbonyl (C=O) groups excluding carboxylic acids is 1. The lowest BCUT2D eigenvalue weighted by Crippen LogP contribution is -2.38. The fraction of sp³-hybridized carbons (Fsp3) is 0.273. The topological polar surface area (TPSA) is 81.9 Å². The number of nitriles is 1. The fourth-order valence-corrected chi connectivity index (χ4v) is 4.65. The van der Waals surface area contributed by atoms with E-state index in [0.29, 0.717) is 10.7 Å². The van der Waals surface area contributed by atoms with Gasteiger partial charge in [-0.3, -0.25) is 4.79 Å². The highest BCUT2D eigenvalue weighted by Gasteiger charge is 2.26. The maximum absolute atomic E-state index is 12.8. The van der Waals surface area contributed by atoms with Gasteiger partial charge in [0.05, 0.1) is 11.3 Å². The molecule has 0 atom stereocenters. The Morgan fingerprint density at radius 2 is 1.97 bits per heavy atom. The molecule has 6 nitrogen and oxygen atoms in total. The second kappa shape index (κ2) is 8.94. The van der Waals surface area contributed by atoms with Crippen LogP contribution in [0.3, 0.4) is 0 Å². The largest absolute Gasteiger partial charge is 0.357 e. The highest BCUT2D eigenvalue weighted by atomic mass is 79.9. The van der Waals surface area contributed by atoms with Crippen LogP contribution in [0.5, 0.6) is 0 Å². The normalized spacial score (nSPS) is 14.4. The van der Waals surface area contributed by atoms with E-state index in [2.05, 4.69) is 42.2 Å². The van der Waals surface area contributed by atoms with Crippen molar-refractivity contribution in [2.75, 3.05) is 23.3 Å². The molecular formula is C22H20BrN5OS. The molecule has 1 aliphatic rings. The molecule has 1 aromatic carbocycles. The molecule has 1 fully saturated rings. The molecule has 1 saturated heterocycles. The zero-order chi connectivity index (χ0) is 21.1. The van der Waals surface area contributed by atoms with Gasteiger partial charge in [-0.05, 0) is 44.0 Å². The van der Waals surface area contributed by atoms with Gasteiger partial charge in [0.15, 0.2) is 5.13 Å². The number of anilines is 2. The maximum atomic E-state index is 12.8. The minimum atomic E-state index is -0.0417. The molecule has 0 radical (unpaired) electrons. The first-order valence-corrected chi connectivity index (χ1v) is 11.3. The zero-order valence-corrected chi connectivity index (χ0v) is 18.8. The van der Waals surface area contributed by atoms with E-state index < -0.39 is 0 Å². The van der Waals surface area contributed by atoms with E-state index in [1.807, 2.05) is 37.3 Å². The number of nitrogens with zero attached hydrogens (tertiary/aromatic N) is 4. The number of thiazole rings is 1. The lowest BCUT2D eigenvalue weighted by atomic mass is 9.96. The summed E-state index contributed by atoms with van der Waals surface area (Å²) in [7, 11) is 0. The summed E-state index contributed by atoms with van der Waals surface area (Å²) >= 11 is 4.95. The molecule has 0 saturated carbocycles. The predicted octanol–water partition coefficient (Wildman–Crippen LogP) is 5.00. The van der Waals surface area contributed by atoms with Gasteiger partial charge in [0.2, 0.25) is 5.91 Å². The Morgan fingerprint density at radius 1 is 1.23 bits per heavy atom. The van der Waals surface area contributed by atoms with Gasteiger partial charge in [0.25, 0.3) is 0 Å². The van der Waals surface area contributed by atoms with E-state index in [-0.39, 0.29) is 11.8 Å². The van der Waals surface area contributed by atoms with Gasteiger partial charge in [0, 0.05) is 40.1 Å². The maximum Gasteiger partial charge on any atom is 0.229 e. The Bertz CT molecular complexity index is 1080. The molecule has 1 aliphatic heterocycles. The number of benzene rings is 1. The number of amides is 1. The number of pyridine rings is 1. The Labute approximate surface area is 187 Å². The van der Waals surface area contributed by atoms with Crippen molar-refractivity contribution < 1.29 is 4.79 Å². The molecule has 0 spiro atoms. The molecule has 0 aliphatic carbocycles. The van der Waals surface area contributed by atoms with Gasteiger partial charge in [-0.1, -0.05) is 28.1 Å². The van der Waals surface area contributed by atoms with E-state index in [1.165, 1.54) is 11.3 Å². The molecule has 1 N–H and O–H groups in total. The van der Waals surface area contributed by atoms with Crippen molar-refractivity contribution in [1.29, 1.82) is 5.26 Å². The van der Waals surface area contributed by atoms with Crippen LogP contribution < -0.4 is 10.2 Å². The number of rotatable bonds is 4. The number of aryl methyl sites for hydroxylation is 1. The zero-order valence-electron chi connectivity index (χ0n) is 16.4. The van der Waals surface area contributed by atoms with Crippen LogP contribution in [0.15, 0.2) is 47.1 Å². The molecule has 8 heteroatoms. The smallest absolute Gasteiger partial charge is 0.229 e. The Hall–Kier alpha value is -2.76. The van der Waals surface area contributed by atoms with Crippen molar-refractivity contribution in [1.82, 2.24) is 9.97 Å². The van der Waals surface area contributed by atoms with Crippen molar-refractivity contribution in [3.05, 3.63) is 57.5 Å². The van der Waals surface area contributed by atoms with Gasteiger partial charge < -0.3 is 10.2 Å². The summed E-state index contributed by atoms with van der Waals surface area (Å²) in [5.74, 6) is 0.834. The fourth-order valence-electron chi connectivity index (χ4n) is 3.54. The molecule has 3 heterocycles. The summed E-state index contributed by atoms with van der Waals surface area (Å²) in [6, 6.07) is 13.7. The average molecular weight is 482 g/mol. The Balaban J connectivity index is 1.36. The van der Waals surface area contributed by atoms with E-state index >= 15 is 0 Å². The van der Waals surface area contributed by atoms with Gasteiger partial charge in [0.1, 0.15) is 11.9 Å². The Morgan fingerprint density at radius 3 is 2.60 bits per heavy atom. The number of halogens is 1. The first-order valence-electron chi connectivity index (χ1n) is 9.69. The monoisotopic (exact) mass is 481 g/mol. The van der Waals surface area contributed by atoms with Crippen LogP contribution in [0.1, 0.15) is 23.3 Å². The number of aromatic nitrogens is 2. The van der Waals surface area contributed by atoms with Crippen LogP contribution in [0.4, 0.5) is 10.9 Å². The van der Waals surface area contributed by atoms with Gasteiger partial charge in [-0.25, -0.2) is 9.97 Å². The quantitative estimate of drug-likeness (QED) is 0.566. The number of carbonyl (C=O) groups is 1. The summed E-state index contributed by atoms with van der Waals surface area (Å²) in [5, 5.41) is 12.6. The second-order valence-electron chi connectivity index (χ2n) is 7.20. The number of nitrogens with one attached hydrogen (secondary N) is 1. The average Bonchev–Trinajstić information content (AvgIpc) is 3.14. The SMILES string of the molecule is Cc1sc(NC(=O)C2CCN(c3ccc(C#N)cn3)CC2)nc1-c1ccc(Br)cc1. The van der Waals surface area contributed by atoms with E-state index in [4.69, 9.17) is 5.26 Å². The highest BCUT2D eigenvalue weighted by Crippen LogP contribution is 2.32. The molecule has 0 bridgehead atoms. The van der Waals surface area contributed by atoms with Crippen molar-refractivity contribution in [2.24, 2.45) is 5.92 Å². The molecule has 152 valence electrons. The van der Waals surface area contributed by atoms with Crippen LogP contribution in [0.25, 0.3) is 11.3 Å². The van der Waals surface area contributed by atoms with Crippen molar-refractivity contribution in [3.63, 3.8) is 0 Å². The minimum absolute atomic E-state index is 0.0264. The molecule has 3 aromatic rings. The standard InChI is InChI=1S/C22H20BrN5OS/c1-14-20(16-3-5-18(23)6-4-16)26-22(30-14)27-21(29)17-8-10-28(11-9-17)19-7-2-15(12-24)13-25-19/h2-7,13,17H,8-11H2,1H3,(H,26,27,29). The van der Waals surface area contributed by atoms with Gasteiger partial charge in [-0.15, -0.1) is 11.3 Å². The van der Waals surface area contributed by atoms with Gasteiger partial charge in [-0.2, -0.15) is 5.26 Å². The van der Waals surface area contributed by atoms with Gasteiger partial charge >= 0.3 is 0 Å². The highest BCUT2D eigenvalue weighted by molar-refractivity contribution is 9.10.